The minimum atomic E-state index is -1.16. The number of hydrogen-bond donors (Lipinski definition) is 1. The van der Waals surface area contributed by atoms with E-state index in [0.29, 0.717) is 13.0 Å². The van der Waals surface area contributed by atoms with Crippen molar-refractivity contribution in [3.63, 3.8) is 0 Å². The van der Waals surface area contributed by atoms with Crippen LogP contribution in [0, 0.1) is 0 Å². The number of allylic oxidation sites excluding steroid dienone is 2. The summed E-state index contributed by atoms with van der Waals surface area (Å²) in [5.74, 6) is 0.469. The molecular weight excluding hydrogens is 268 g/mol. The Morgan fingerprint density at radius 3 is 2.67 bits per heavy atom. The van der Waals surface area contributed by atoms with Crippen LogP contribution in [0.25, 0.3) is 0 Å². The van der Waals surface area contributed by atoms with Crippen molar-refractivity contribution >= 4 is 5.78 Å². The lowest BCUT2D eigenvalue weighted by molar-refractivity contribution is -0.129. The zero-order chi connectivity index (χ0) is 15.2. The molecule has 21 heavy (non-hydrogen) atoms. The average molecular weight is 288 g/mol. The highest BCUT2D eigenvalue weighted by atomic mass is 16.5. The molecule has 0 heterocycles. The zero-order valence-corrected chi connectivity index (χ0v) is 12.3. The summed E-state index contributed by atoms with van der Waals surface area (Å²) in [5, 5.41) is 10.0. The Balaban J connectivity index is 1.99. The molecule has 0 saturated carbocycles. The van der Waals surface area contributed by atoms with E-state index >= 15 is 0 Å². The van der Waals surface area contributed by atoms with Crippen LogP contribution in [0.5, 0.6) is 5.75 Å². The Morgan fingerprint density at radius 1 is 1.29 bits per heavy atom. The molecular formula is C17H20O4. The molecule has 2 atom stereocenters. The number of hydrogen-bond acceptors (Lipinski definition) is 4. The van der Waals surface area contributed by atoms with Crippen molar-refractivity contribution in [3.8, 4) is 5.75 Å². The molecule has 0 bridgehead atoms. The molecule has 1 aromatic carbocycles. The van der Waals surface area contributed by atoms with Gasteiger partial charge in [-0.05, 0) is 37.1 Å². The van der Waals surface area contributed by atoms with E-state index in [-0.39, 0.29) is 5.78 Å². The van der Waals surface area contributed by atoms with Gasteiger partial charge in [-0.15, -0.1) is 0 Å². The molecule has 0 spiro atoms. The van der Waals surface area contributed by atoms with Crippen LogP contribution in [0.15, 0.2) is 48.1 Å². The standard InChI is InChI=1S/C17H20O4/c1-12-4-3-5-16(17(19)15(18)10-12)21-11-13-6-8-14(20-2)9-7-13/h3,5-10,16-17,19H,4,11H2,1-2H3/b5-3-,12-10-/t16-,17+/m1/s1. The summed E-state index contributed by atoms with van der Waals surface area (Å²) in [6, 6.07) is 7.48. The SMILES string of the molecule is COc1ccc(CO[C@@H]2/C=C\C/C(C)=C\C(=O)[C@@H]2O)cc1. The second-order valence-corrected chi connectivity index (χ2v) is 5.09. The molecule has 112 valence electrons. The van der Waals surface area contributed by atoms with Crippen molar-refractivity contribution in [2.24, 2.45) is 0 Å². The quantitative estimate of drug-likeness (QED) is 0.865. The Morgan fingerprint density at radius 2 is 2.00 bits per heavy atom. The molecule has 4 nitrogen and oxygen atoms in total. The summed E-state index contributed by atoms with van der Waals surface area (Å²) >= 11 is 0. The van der Waals surface area contributed by atoms with E-state index in [4.69, 9.17) is 9.47 Å². The predicted molar refractivity (Wildman–Crippen MR) is 80.1 cm³/mol. The number of methoxy groups -OCH3 is 1. The fourth-order valence-electron chi connectivity index (χ4n) is 2.10. The van der Waals surface area contributed by atoms with Gasteiger partial charge in [-0.2, -0.15) is 0 Å². The lowest BCUT2D eigenvalue weighted by Crippen LogP contribution is -2.34. The van der Waals surface area contributed by atoms with Crippen molar-refractivity contribution in [2.75, 3.05) is 7.11 Å². The summed E-state index contributed by atoms with van der Waals surface area (Å²) < 4.78 is 10.8. The van der Waals surface area contributed by atoms with Crippen LogP contribution >= 0.6 is 0 Å². The highest BCUT2D eigenvalue weighted by Gasteiger charge is 2.24. The molecule has 4 heteroatoms. The van der Waals surface area contributed by atoms with Crippen LogP contribution in [0.2, 0.25) is 0 Å². The normalized spacial score (nSPS) is 26.4. The third-order valence-corrected chi connectivity index (χ3v) is 3.36. The van der Waals surface area contributed by atoms with Gasteiger partial charge in [0.25, 0.3) is 0 Å². The Labute approximate surface area is 124 Å². The zero-order valence-electron chi connectivity index (χ0n) is 12.3. The number of benzene rings is 1. The number of ether oxygens (including phenoxy) is 2. The van der Waals surface area contributed by atoms with Crippen molar-refractivity contribution in [3.05, 3.63) is 53.6 Å². The molecule has 0 aliphatic heterocycles. The molecule has 0 aromatic heterocycles. The van der Waals surface area contributed by atoms with Gasteiger partial charge in [0.2, 0.25) is 0 Å². The smallest absolute Gasteiger partial charge is 0.187 e. The van der Waals surface area contributed by atoms with E-state index < -0.39 is 12.2 Å². The first-order valence-corrected chi connectivity index (χ1v) is 6.90. The number of carbonyl (C=O) groups is 1. The van der Waals surface area contributed by atoms with Crippen molar-refractivity contribution in [1.82, 2.24) is 0 Å². The van der Waals surface area contributed by atoms with E-state index in [1.165, 1.54) is 6.08 Å². The van der Waals surface area contributed by atoms with Crippen LogP contribution < -0.4 is 4.74 Å². The minimum Gasteiger partial charge on any atom is -0.497 e. The fourth-order valence-corrected chi connectivity index (χ4v) is 2.10. The van der Waals surface area contributed by atoms with Crippen molar-refractivity contribution in [2.45, 2.75) is 32.2 Å². The lowest BCUT2D eigenvalue weighted by Gasteiger charge is -2.20. The van der Waals surface area contributed by atoms with Gasteiger partial charge in [-0.3, -0.25) is 4.79 Å². The minimum absolute atomic E-state index is 0.309. The van der Waals surface area contributed by atoms with Crippen LogP contribution in [-0.2, 0) is 16.1 Å². The van der Waals surface area contributed by atoms with Crippen LogP contribution in [0.3, 0.4) is 0 Å². The van der Waals surface area contributed by atoms with Crippen molar-refractivity contribution in [1.29, 1.82) is 0 Å². The predicted octanol–water partition coefficient (Wildman–Crippen LogP) is 2.42. The van der Waals surface area contributed by atoms with Crippen molar-refractivity contribution < 1.29 is 19.4 Å². The molecule has 0 radical (unpaired) electrons. The monoisotopic (exact) mass is 288 g/mol. The first kappa shape index (κ1) is 15.5. The molecule has 0 fully saturated rings. The average Bonchev–Trinajstić information content (AvgIpc) is 2.49. The number of carbonyl (C=O) groups excluding carboxylic acids is 1. The Hall–Kier alpha value is -1.91. The van der Waals surface area contributed by atoms with Gasteiger partial charge in [0, 0.05) is 0 Å². The molecule has 0 saturated heterocycles. The summed E-state index contributed by atoms with van der Waals surface area (Å²) in [5.41, 5.74) is 1.89. The summed E-state index contributed by atoms with van der Waals surface area (Å²) in [7, 11) is 1.61. The molecule has 1 aromatic rings. The lowest BCUT2D eigenvalue weighted by atomic mass is 10.0. The maximum Gasteiger partial charge on any atom is 0.187 e. The Kier molecular flexibility index (Phi) is 5.31. The van der Waals surface area contributed by atoms with Crippen LogP contribution in [0.1, 0.15) is 18.9 Å². The first-order chi connectivity index (χ1) is 10.1. The second kappa shape index (κ2) is 7.20. The maximum atomic E-state index is 11.8. The van der Waals surface area contributed by atoms with E-state index in [0.717, 1.165) is 16.9 Å². The summed E-state index contributed by atoms with van der Waals surface area (Å²) in [4.78, 5) is 11.8. The van der Waals surface area contributed by atoms with Crippen LogP contribution in [0.4, 0.5) is 0 Å². The van der Waals surface area contributed by atoms with Gasteiger partial charge in [0.15, 0.2) is 5.78 Å². The Bertz CT molecular complexity index is 542. The summed E-state index contributed by atoms with van der Waals surface area (Å²) in [6.45, 7) is 2.19. The van der Waals surface area contributed by atoms with Gasteiger partial charge in [-0.25, -0.2) is 0 Å². The molecule has 1 aliphatic carbocycles. The molecule has 1 aliphatic rings. The highest BCUT2D eigenvalue weighted by Crippen LogP contribution is 2.16. The molecule has 1 N–H and O–H groups in total. The number of aliphatic hydroxyl groups is 1. The first-order valence-electron chi connectivity index (χ1n) is 6.90. The second-order valence-electron chi connectivity index (χ2n) is 5.09. The molecule has 2 rings (SSSR count). The molecule has 0 amide bonds. The maximum absolute atomic E-state index is 11.8. The third kappa shape index (κ3) is 4.28. The third-order valence-electron chi connectivity index (χ3n) is 3.36. The van der Waals surface area contributed by atoms with Gasteiger partial charge >= 0.3 is 0 Å². The van der Waals surface area contributed by atoms with Crippen LogP contribution in [-0.4, -0.2) is 30.2 Å². The van der Waals surface area contributed by atoms with Gasteiger partial charge in [0.05, 0.1) is 13.7 Å². The highest BCUT2D eigenvalue weighted by molar-refractivity contribution is 5.94. The summed E-state index contributed by atoms with van der Waals surface area (Å²) in [6.07, 6.45) is 4.07. The topological polar surface area (TPSA) is 55.8 Å². The fraction of sp³-hybridized carbons (Fsp3) is 0.353. The van der Waals surface area contributed by atoms with E-state index in [9.17, 15) is 9.90 Å². The number of ketones is 1. The van der Waals surface area contributed by atoms with Gasteiger partial charge in [-0.1, -0.05) is 29.9 Å². The number of rotatable bonds is 4. The van der Waals surface area contributed by atoms with E-state index in [2.05, 4.69) is 0 Å². The largest absolute Gasteiger partial charge is 0.497 e. The van der Waals surface area contributed by atoms with E-state index in [1.807, 2.05) is 37.3 Å². The van der Waals surface area contributed by atoms with Gasteiger partial charge < -0.3 is 14.6 Å². The van der Waals surface area contributed by atoms with E-state index in [1.54, 1.807) is 13.2 Å². The number of aliphatic hydroxyl groups excluding tert-OH is 1. The van der Waals surface area contributed by atoms with Gasteiger partial charge in [0.1, 0.15) is 18.0 Å². The molecule has 0 unspecified atom stereocenters.